The summed E-state index contributed by atoms with van der Waals surface area (Å²) in [5.41, 5.74) is 0.967. The Morgan fingerprint density at radius 2 is 2.05 bits per heavy atom. The van der Waals surface area contributed by atoms with Gasteiger partial charge >= 0.3 is 0 Å². The number of imide groups is 1. The lowest BCUT2D eigenvalue weighted by atomic mass is 10.0. The van der Waals surface area contributed by atoms with E-state index < -0.39 is 6.04 Å². The highest BCUT2D eigenvalue weighted by atomic mass is 16.2. The van der Waals surface area contributed by atoms with Crippen LogP contribution in [0.3, 0.4) is 0 Å². The zero-order valence-corrected chi connectivity index (χ0v) is 12.6. The van der Waals surface area contributed by atoms with Crippen LogP contribution >= 0.6 is 0 Å². The molecule has 2 N–H and O–H groups in total. The van der Waals surface area contributed by atoms with E-state index in [9.17, 15) is 9.59 Å². The Hall–Kier alpha value is -2.18. The number of amides is 2. The normalized spacial score (nSPS) is 18.8. The van der Waals surface area contributed by atoms with Crippen molar-refractivity contribution >= 4 is 23.5 Å². The lowest BCUT2D eigenvalue weighted by molar-refractivity contribution is -0.146. The molecule has 0 saturated carbocycles. The first-order valence-corrected chi connectivity index (χ1v) is 7.17. The van der Waals surface area contributed by atoms with Gasteiger partial charge in [-0.2, -0.15) is 0 Å². The van der Waals surface area contributed by atoms with Gasteiger partial charge in [0.25, 0.3) is 5.91 Å². The van der Waals surface area contributed by atoms with Crippen molar-refractivity contribution in [3.05, 3.63) is 11.9 Å². The fourth-order valence-corrected chi connectivity index (χ4v) is 2.45. The molecule has 0 aromatic carbocycles. The summed E-state index contributed by atoms with van der Waals surface area (Å²) < 4.78 is 0. The maximum Gasteiger partial charge on any atom is 0.251 e. The molecule has 1 unspecified atom stereocenters. The molecule has 1 fully saturated rings. The predicted octanol–water partition coefficient (Wildman–Crippen LogP) is 1.03. The van der Waals surface area contributed by atoms with E-state index >= 15 is 0 Å². The standard InChI is InChI=1S/C14H21N5O2/c1-4-5-9-12(15-2)16-8-17-13(9)18-10-6-7-11(20)19(3)14(10)21/h8,10H,4-7H2,1-3H3,(H2,15,16,17,18). The SMILES string of the molecule is CCCc1c(NC)ncnc1NC1CCC(=O)N(C)C1=O. The molecule has 114 valence electrons. The van der Waals surface area contributed by atoms with Crippen molar-refractivity contribution in [1.29, 1.82) is 0 Å². The van der Waals surface area contributed by atoms with Gasteiger partial charge in [0, 0.05) is 26.1 Å². The second-order valence-electron chi connectivity index (χ2n) is 5.08. The van der Waals surface area contributed by atoms with Crippen molar-refractivity contribution in [3.63, 3.8) is 0 Å². The van der Waals surface area contributed by atoms with E-state index in [1.54, 1.807) is 0 Å². The van der Waals surface area contributed by atoms with Gasteiger partial charge in [0.15, 0.2) is 0 Å². The number of carbonyl (C=O) groups is 2. The molecule has 21 heavy (non-hydrogen) atoms. The number of piperidine rings is 1. The largest absolute Gasteiger partial charge is 0.373 e. The smallest absolute Gasteiger partial charge is 0.251 e. The molecule has 1 saturated heterocycles. The number of hydrogen-bond donors (Lipinski definition) is 2. The quantitative estimate of drug-likeness (QED) is 0.788. The zero-order chi connectivity index (χ0) is 15.4. The van der Waals surface area contributed by atoms with Gasteiger partial charge in [-0.3, -0.25) is 14.5 Å². The molecule has 7 heteroatoms. The zero-order valence-electron chi connectivity index (χ0n) is 12.6. The fourth-order valence-electron chi connectivity index (χ4n) is 2.45. The van der Waals surface area contributed by atoms with Crippen LogP contribution in [0.4, 0.5) is 11.6 Å². The van der Waals surface area contributed by atoms with Gasteiger partial charge in [-0.15, -0.1) is 0 Å². The third kappa shape index (κ3) is 3.12. The molecular weight excluding hydrogens is 270 g/mol. The third-order valence-corrected chi connectivity index (χ3v) is 3.64. The fraction of sp³-hybridized carbons (Fsp3) is 0.571. The van der Waals surface area contributed by atoms with Crippen LogP contribution in [0.1, 0.15) is 31.7 Å². The van der Waals surface area contributed by atoms with Gasteiger partial charge in [-0.25, -0.2) is 9.97 Å². The third-order valence-electron chi connectivity index (χ3n) is 3.64. The van der Waals surface area contributed by atoms with Crippen molar-refractivity contribution in [2.45, 2.75) is 38.6 Å². The van der Waals surface area contributed by atoms with Crippen molar-refractivity contribution in [3.8, 4) is 0 Å². The topological polar surface area (TPSA) is 87.2 Å². The molecule has 7 nitrogen and oxygen atoms in total. The van der Waals surface area contributed by atoms with E-state index in [-0.39, 0.29) is 11.8 Å². The van der Waals surface area contributed by atoms with E-state index in [2.05, 4.69) is 27.5 Å². The number of rotatable bonds is 5. The number of carbonyl (C=O) groups excluding carboxylic acids is 2. The second-order valence-corrected chi connectivity index (χ2v) is 5.08. The van der Waals surface area contributed by atoms with Crippen molar-refractivity contribution in [2.24, 2.45) is 0 Å². The van der Waals surface area contributed by atoms with E-state index in [0.717, 1.165) is 24.2 Å². The lowest BCUT2D eigenvalue weighted by Crippen LogP contribution is -2.48. The minimum atomic E-state index is -0.414. The summed E-state index contributed by atoms with van der Waals surface area (Å²) >= 11 is 0. The van der Waals surface area contributed by atoms with Crippen molar-refractivity contribution in [1.82, 2.24) is 14.9 Å². The van der Waals surface area contributed by atoms with E-state index in [1.165, 1.54) is 18.3 Å². The molecule has 0 spiro atoms. The molecule has 0 bridgehead atoms. The van der Waals surface area contributed by atoms with Crippen LogP contribution in [0.5, 0.6) is 0 Å². The molecular formula is C14H21N5O2. The van der Waals surface area contributed by atoms with Gasteiger partial charge in [0.2, 0.25) is 5.91 Å². The van der Waals surface area contributed by atoms with Crippen LogP contribution in [0.25, 0.3) is 0 Å². The van der Waals surface area contributed by atoms with E-state index in [4.69, 9.17) is 0 Å². The number of aromatic nitrogens is 2. The van der Waals surface area contributed by atoms with Crippen LogP contribution in [0, 0.1) is 0 Å². The van der Waals surface area contributed by atoms with E-state index in [1.807, 2.05) is 7.05 Å². The highest BCUT2D eigenvalue weighted by Crippen LogP contribution is 2.24. The lowest BCUT2D eigenvalue weighted by Gasteiger charge is -2.29. The van der Waals surface area contributed by atoms with Crippen LogP contribution in [-0.2, 0) is 16.0 Å². The van der Waals surface area contributed by atoms with Gasteiger partial charge in [0.05, 0.1) is 0 Å². The first kappa shape index (κ1) is 15.2. The van der Waals surface area contributed by atoms with Crippen LogP contribution in [0.2, 0.25) is 0 Å². The highest BCUT2D eigenvalue weighted by molar-refractivity contribution is 6.01. The number of likely N-dealkylation sites (N-methyl/N-ethyl adjacent to an activating group) is 1. The molecule has 2 heterocycles. The van der Waals surface area contributed by atoms with Gasteiger partial charge in [-0.1, -0.05) is 13.3 Å². The Kier molecular flexibility index (Phi) is 4.72. The Morgan fingerprint density at radius 1 is 1.33 bits per heavy atom. The first-order chi connectivity index (χ1) is 10.1. The number of hydrogen-bond acceptors (Lipinski definition) is 6. The summed E-state index contributed by atoms with van der Waals surface area (Å²) in [6.07, 6.45) is 4.09. The summed E-state index contributed by atoms with van der Waals surface area (Å²) in [5, 5.41) is 6.22. The molecule has 0 aliphatic carbocycles. The van der Waals surface area contributed by atoms with Gasteiger partial charge in [-0.05, 0) is 12.8 Å². The molecule has 1 aromatic heterocycles. The highest BCUT2D eigenvalue weighted by Gasteiger charge is 2.32. The first-order valence-electron chi connectivity index (χ1n) is 7.17. The number of nitrogens with one attached hydrogen (secondary N) is 2. The number of likely N-dealkylation sites (tertiary alicyclic amines) is 1. The molecule has 1 aromatic rings. The Morgan fingerprint density at radius 3 is 2.71 bits per heavy atom. The minimum absolute atomic E-state index is 0.134. The number of anilines is 2. The summed E-state index contributed by atoms with van der Waals surface area (Å²) in [6.45, 7) is 2.08. The predicted molar refractivity (Wildman–Crippen MR) is 80.0 cm³/mol. The Balaban J connectivity index is 2.23. The monoisotopic (exact) mass is 291 g/mol. The Labute approximate surface area is 124 Å². The minimum Gasteiger partial charge on any atom is -0.373 e. The average Bonchev–Trinajstić information content (AvgIpc) is 2.49. The average molecular weight is 291 g/mol. The van der Waals surface area contributed by atoms with Crippen molar-refractivity contribution < 1.29 is 9.59 Å². The van der Waals surface area contributed by atoms with Crippen LogP contribution in [0.15, 0.2) is 6.33 Å². The molecule has 1 atom stereocenters. The molecule has 0 radical (unpaired) electrons. The second kappa shape index (κ2) is 6.51. The van der Waals surface area contributed by atoms with Crippen molar-refractivity contribution in [2.75, 3.05) is 24.7 Å². The summed E-state index contributed by atoms with van der Waals surface area (Å²) in [7, 11) is 3.33. The molecule has 1 aliphatic rings. The molecule has 2 amide bonds. The van der Waals surface area contributed by atoms with Gasteiger partial charge in [0.1, 0.15) is 24.0 Å². The van der Waals surface area contributed by atoms with E-state index in [0.29, 0.717) is 18.7 Å². The van der Waals surface area contributed by atoms with Crippen LogP contribution in [-0.4, -0.2) is 46.8 Å². The maximum atomic E-state index is 12.1. The summed E-state index contributed by atoms with van der Waals surface area (Å²) in [4.78, 5) is 33.3. The summed E-state index contributed by atoms with van der Waals surface area (Å²) in [6, 6.07) is -0.414. The molecule has 1 aliphatic heterocycles. The molecule has 2 rings (SSSR count). The summed E-state index contributed by atoms with van der Waals surface area (Å²) in [5.74, 6) is 1.09. The van der Waals surface area contributed by atoms with Gasteiger partial charge < -0.3 is 10.6 Å². The maximum absolute atomic E-state index is 12.1. The Bertz CT molecular complexity index is 546. The van der Waals surface area contributed by atoms with Crippen LogP contribution < -0.4 is 10.6 Å². The number of nitrogens with zero attached hydrogens (tertiary/aromatic N) is 3.